The van der Waals surface area contributed by atoms with Crippen molar-refractivity contribution < 1.29 is 23.7 Å². The zero-order chi connectivity index (χ0) is 24.7. The van der Waals surface area contributed by atoms with E-state index < -0.39 is 11.4 Å². The number of imidazole rings is 1. The van der Waals surface area contributed by atoms with Gasteiger partial charge in [0.1, 0.15) is 19.0 Å². The van der Waals surface area contributed by atoms with Crippen LogP contribution < -0.4 is 14.2 Å². The summed E-state index contributed by atoms with van der Waals surface area (Å²) in [6, 6.07) is 12.3. The second-order valence-corrected chi connectivity index (χ2v) is 9.07. The molecule has 3 aromatic rings. The number of benzene rings is 2. The SMILES string of the molecule is COc1ccc(CN2CCCC(O)(COc3ccccc3F)CC2)cc1OCCn1ccnc1C. The number of halogens is 1. The lowest BCUT2D eigenvalue weighted by molar-refractivity contribution is -0.0177. The van der Waals surface area contributed by atoms with E-state index in [4.69, 9.17) is 14.2 Å². The van der Waals surface area contributed by atoms with Crippen LogP contribution in [0.4, 0.5) is 4.39 Å². The molecule has 1 unspecified atom stereocenters. The molecule has 2 heterocycles. The highest BCUT2D eigenvalue weighted by molar-refractivity contribution is 5.43. The Kier molecular flexibility index (Phi) is 8.25. The van der Waals surface area contributed by atoms with Crippen molar-refractivity contribution in [2.75, 3.05) is 33.4 Å². The minimum absolute atomic E-state index is 0.0820. The summed E-state index contributed by atoms with van der Waals surface area (Å²) in [7, 11) is 1.64. The monoisotopic (exact) mass is 483 g/mol. The van der Waals surface area contributed by atoms with Crippen LogP contribution in [0.25, 0.3) is 0 Å². The predicted molar refractivity (Wildman–Crippen MR) is 131 cm³/mol. The van der Waals surface area contributed by atoms with Gasteiger partial charge in [-0.05, 0) is 62.6 Å². The Hall–Kier alpha value is -3.10. The van der Waals surface area contributed by atoms with Crippen molar-refractivity contribution in [3.8, 4) is 17.2 Å². The highest BCUT2D eigenvalue weighted by Gasteiger charge is 2.31. The highest BCUT2D eigenvalue weighted by atomic mass is 19.1. The maximum Gasteiger partial charge on any atom is 0.165 e. The van der Waals surface area contributed by atoms with Crippen molar-refractivity contribution in [1.82, 2.24) is 14.5 Å². The highest BCUT2D eigenvalue weighted by Crippen LogP contribution is 2.30. The number of hydrogen-bond acceptors (Lipinski definition) is 6. The molecule has 0 amide bonds. The van der Waals surface area contributed by atoms with Crippen LogP contribution in [0.1, 0.15) is 30.7 Å². The summed E-state index contributed by atoms with van der Waals surface area (Å²) in [5.41, 5.74) is 0.143. The maximum atomic E-state index is 13.9. The van der Waals surface area contributed by atoms with Gasteiger partial charge in [0.2, 0.25) is 0 Å². The zero-order valence-corrected chi connectivity index (χ0v) is 20.5. The second-order valence-electron chi connectivity index (χ2n) is 9.07. The average molecular weight is 484 g/mol. The van der Waals surface area contributed by atoms with Gasteiger partial charge in [0.05, 0.1) is 19.3 Å². The largest absolute Gasteiger partial charge is 0.493 e. The fraction of sp³-hybridized carbons (Fsp3) is 0.444. The van der Waals surface area contributed by atoms with Crippen LogP contribution >= 0.6 is 0 Å². The summed E-state index contributed by atoms with van der Waals surface area (Å²) in [5.74, 6) is 2.13. The minimum Gasteiger partial charge on any atom is -0.493 e. The molecule has 188 valence electrons. The van der Waals surface area contributed by atoms with Gasteiger partial charge in [-0.1, -0.05) is 18.2 Å². The molecule has 7 nitrogen and oxygen atoms in total. The van der Waals surface area contributed by atoms with Gasteiger partial charge in [-0.3, -0.25) is 4.90 Å². The van der Waals surface area contributed by atoms with Crippen molar-refractivity contribution >= 4 is 0 Å². The number of aryl methyl sites for hydroxylation is 1. The molecule has 1 aromatic heterocycles. The van der Waals surface area contributed by atoms with Crippen LogP contribution in [0.15, 0.2) is 54.9 Å². The molecule has 1 N–H and O–H groups in total. The molecule has 0 saturated carbocycles. The Morgan fingerprint density at radius 1 is 1.06 bits per heavy atom. The summed E-state index contributed by atoms with van der Waals surface area (Å²) < 4.78 is 33.1. The molecule has 4 rings (SSSR count). The molecule has 8 heteroatoms. The van der Waals surface area contributed by atoms with Crippen molar-refractivity contribution in [3.63, 3.8) is 0 Å². The minimum atomic E-state index is -0.976. The van der Waals surface area contributed by atoms with Gasteiger partial charge < -0.3 is 23.9 Å². The Balaban J connectivity index is 1.32. The van der Waals surface area contributed by atoms with Gasteiger partial charge in [-0.25, -0.2) is 9.37 Å². The molecule has 0 radical (unpaired) electrons. The Morgan fingerprint density at radius 2 is 1.91 bits per heavy atom. The first-order valence-corrected chi connectivity index (χ1v) is 12.1. The van der Waals surface area contributed by atoms with E-state index >= 15 is 0 Å². The summed E-state index contributed by atoms with van der Waals surface area (Å²) in [4.78, 5) is 6.56. The van der Waals surface area contributed by atoms with E-state index in [2.05, 4.69) is 9.88 Å². The fourth-order valence-corrected chi connectivity index (χ4v) is 4.40. The van der Waals surface area contributed by atoms with Crippen molar-refractivity contribution in [3.05, 3.63) is 72.1 Å². The summed E-state index contributed by atoms with van der Waals surface area (Å²) >= 11 is 0. The Morgan fingerprint density at radius 3 is 2.69 bits per heavy atom. The third-order valence-corrected chi connectivity index (χ3v) is 6.49. The number of hydrogen-bond donors (Lipinski definition) is 1. The number of rotatable bonds is 10. The third-order valence-electron chi connectivity index (χ3n) is 6.49. The Labute approximate surface area is 206 Å². The first kappa shape index (κ1) is 25.0. The number of aromatic nitrogens is 2. The van der Waals surface area contributed by atoms with Gasteiger partial charge in [0.15, 0.2) is 23.1 Å². The number of likely N-dealkylation sites (tertiary alicyclic amines) is 1. The van der Waals surface area contributed by atoms with E-state index in [0.29, 0.717) is 37.5 Å². The third kappa shape index (κ3) is 6.74. The number of aliphatic hydroxyl groups is 1. The smallest absolute Gasteiger partial charge is 0.165 e. The van der Waals surface area contributed by atoms with E-state index in [0.717, 1.165) is 37.4 Å². The molecule has 1 aliphatic rings. The van der Waals surface area contributed by atoms with E-state index in [9.17, 15) is 9.50 Å². The first-order chi connectivity index (χ1) is 17.0. The molecule has 0 bridgehead atoms. The van der Waals surface area contributed by atoms with Gasteiger partial charge in [0, 0.05) is 25.5 Å². The number of methoxy groups -OCH3 is 1. The van der Waals surface area contributed by atoms with Gasteiger partial charge in [-0.15, -0.1) is 0 Å². The number of ether oxygens (including phenoxy) is 3. The van der Waals surface area contributed by atoms with Gasteiger partial charge in [-0.2, -0.15) is 0 Å². The molecule has 1 fully saturated rings. The molecule has 0 spiro atoms. The predicted octanol–water partition coefficient (Wildman–Crippen LogP) is 4.21. The van der Waals surface area contributed by atoms with Crippen LogP contribution in [0, 0.1) is 12.7 Å². The molecule has 35 heavy (non-hydrogen) atoms. The topological polar surface area (TPSA) is 69.0 Å². The molecule has 0 aliphatic carbocycles. The lowest BCUT2D eigenvalue weighted by atomic mass is 9.96. The summed E-state index contributed by atoms with van der Waals surface area (Å²) in [5, 5.41) is 11.1. The lowest BCUT2D eigenvalue weighted by Gasteiger charge is -2.27. The quantitative estimate of drug-likeness (QED) is 0.466. The van der Waals surface area contributed by atoms with E-state index in [-0.39, 0.29) is 12.4 Å². The molecular formula is C27H34FN3O4. The van der Waals surface area contributed by atoms with Crippen molar-refractivity contribution in [2.24, 2.45) is 0 Å². The lowest BCUT2D eigenvalue weighted by Crippen LogP contribution is -2.37. The first-order valence-electron chi connectivity index (χ1n) is 12.1. The summed E-state index contributed by atoms with van der Waals surface area (Å²) in [6.07, 6.45) is 5.73. The van der Waals surface area contributed by atoms with Crippen LogP contribution in [-0.4, -0.2) is 58.6 Å². The summed E-state index contributed by atoms with van der Waals surface area (Å²) in [6.45, 7) is 5.59. The molecule has 1 saturated heterocycles. The molecular weight excluding hydrogens is 449 g/mol. The number of nitrogens with zero attached hydrogens (tertiary/aromatic N) is 3. The van der Waals surface area contributed by atoms with Gasteiger partial charge >= 0.3 is 0 Å². The van der Waals surface area contributed by atoms with Gasteiger partial charge in [0.25, 0.3) is 0 Å². The maximum absolute atomic E-state index is 13.9. The standard InChI is InChI=1S/C27H34FN3O4/c1-21-29-12-15-31(21)16-17-34-26-18-22(8-9-25(26)33-2)19-30-13-5-10-27(32,11-14-30)20-35-24-7-4-3-6-23(24)28/h3-4,6-9,12,15,18,32H,5,10-11,13-14,16-17,19-20H2,1-2H3. The molecule has 2 aromatic carbocycles. The van der Waals surface area contributed by atoms with E-state index in [1.54, 1.807) is 31.5 Å². The second kappa shape index (κ2) is 11.6. The zero-order valence-electron chi connectivity index (χ0n) is 20.5. The molecule has 1 aliphatic heterocycles. The Bertz CT molecular complexity index is 1110. The fourth-order valence-electron chi connectivity index (χ4n) is 4.40. The van der Waals surface area contributed by atoms with Crippen LogP contribution in [-0.2, 0) is 13.1 Å². The number of para-hydroxylation sites is 1. The normalized spacial score (nSPS) is 18.7. The van der Waals surface area contributed by atoms with Crippen LogP contribution in [0.5, 0.6) is 17.2 Å². The van der Waals surface area contributed by atoms with E-state index in [1.165, 1.54) is 6.07 Å². The van der Waals surface area contributed by atoms with E-state index in [1.807, 2.05) is 35.9 Å². The van der Waals surface area contributed by atoms with Crippen LogP contribution in [0.3, 0.4) is 0 Å². The van der Waals surface area contributed by atoms with Crippen molar-refractivity contribution in [1.29, 1.82) is 0 Å². The van der Waals surface area contributed by atoms with Crippen LogP contribution in [0.2, 0.25) is 0 Å². The average Bonchev–Trinajstić information content (AvgIpc) is 3.17. The molecule has 1 atom stereocenters. The van der Waals surface area contributed by atoms with Crippen molar-refractivity contribution in [2.45, 2.75) is 44.9 Å².